The normalized spacial score (nSPS) is 23.6. The van der Waals surface area contributed by atoms with Crippen molar-refractivity contribution in [2.24, 2.45) is 0 Å². The zero-order valence-corrected chi connectivity index (χ0v) is 13.6. The highest BCUT2D eigenvalue weighted by molar-refractivity contribution is 9.10. The molecule has 1 fully saturated rings. The first-order valence-corrected chi connectivity index (χ1v) is 7.53. The molecule has 110 valence electrons. The Labute approximate surface area is 128 Å². The maximum Gasteiger partial charge on any atom is 0.337 e. The van der Waals surface area contributed by atoms with Gasteiger partial charge in [0.1, 0.15) is 0 Å². The van der Waals surface area contributed by atoms with Crippen LogP contribution in [0, 0.1) is 0 Å². The highest BCUT2D eigenvalue weighted by atomic mass is 79.9. The van der Waals surface area contributed by atoms with Gasteiger partial charge in [-0.1, -0.05) is 22.0 Å². The van der Waals surface area contributed by atoms with E-state index in [9.17, 15) is 4.79 Å². The lowest BCUT2D eigenvalue weighted by molar-refractivity contribution is -0.0527. The Hall–Kier alpha value is -0.910. The van der Waals surface area contributed by atoms with Crippen molar-refractivity contribution in [2.75, 3.05) is 20.3 Å². The van der Waals surface area contributed by atoms with Crippen LogP contribution in [0.1, 0.15) is 29.8 Å². The Balaban J connectivity index is 2.11. The van der Waals surface area contributed by atoms with Crippen molar-refractivity contribution < 1.29 is 14.3 Å². The van der Waals surface area contributed by atoms with Crippen molar-refractivity contribution in [2.45, 2.75) is 32.5 Å². The van der Waals surface area contributed by atoms with Gasteiger partial charge in [-0.15, -0.1) is 0 Å². The zero-order chi connectivity index (χ0) is 14.7. The van der Waals surface area contributed by atoms with Crippen LogP contribution in [-0.2, 0) is 16.0 Å². The van der Waals surface area contributed by atoms with Gasteiger partial charge < -0.3 is 9.47 Å². The lowest BCUT2D eigenvalue weighted by atomic mass is 10.1. The minimum Gasteiger partial charge on any atom is -0.465 e. The first-order chi connectivity index (χ1) is 9.51. The van der Waals surface area contributed by atoms with Gasteiger partial charge in [0.25, 0.3) is 0 Å². The molecule has 20 heavy (non-hydrogen) atoms. The van der Waals surface area contributed by atoms with Crippen LogP contribution in [-0.4, -0.2) is 43.3 Å². The number of morpholine rings is 1. The Bertz CT molecular complexity index is 492. The molecule has 1 saturated heterocycles. The van der Waals surface area contributed by atoms with E-state index in [2.05, 4.69) is 34.7 Å². The number of ether oxygens (including phenoxy) is 2. The van der Waals surface area contributed by atoms with Crippen LogP contribution in [0.2, 0.25) is 0 Å². The average Bonchev–Trinajstić information content (AvgIpc) is 2.44. The first kappa shape index (κ1) is 15.5. The van der Waals surface area contributed by atoms with E-state index in [1.807, 2.05) is 12.1 Å². The molecule has 0 amide bonds. The SMILES string of the molecule is COC(=O)c1ccc(CN2CC(C)OCC2C)c(Br)c1. The second-order valence-corrected chi connectivity index (χ2v) is 6.07. The van der Waals surface area contributed by atoms with Crippen LogP contribution < -0.4 is 0 Å². The molecule has 0 spiro atoms. The first-order valence-electron chi connectivity index (χ1n) is 6.73. The quantitative estimate of drug-likeness (QED) is 0.792. The summed E-state index contributed by atoms with van der Waals surface area (Å²) in [7, 11) is 1.39. The molecule has 1 aromatic rings. The predicted molar refractivity (Wildman–Crippen MR) is 80.8 cm³/mol. The van der Waals surface area contributed by atoms with Gasteiger partial charge in [0.15, 0.2) is 0 Å². The number of halogens is 1. The summed E-state index contributed by atoms with van der Waals surface area (Å²) < 4.78 is 11.3. The Kier molecular flexibility index (Phi) is 5.18. The Morgan fingerprint density at radius 2 is 2.25 bits per heavy atom. The molecule has 1 aliphatic heterocycles. The predicted octanol–water partition coefficient (Wildman–Crippen LogP) is 2.84. The lowest BCUT2D eigenvalue weighted by Gasteiger charge is -2.37. The summed E-state index contributed by atoms with van der Waals surface area (Å²) in [5, 5.41) is 0. The molecular formula is C15H20BrNO3. The largest absolute Gasteiger partial charge is 0.465 e. The minimum atomic E-state index is -0.314. The molecule has 0 N–H and O–H groups in total. The van der Waals surface area contributed by atoms with E-state index in [0.29, 0.717) is 11.6 Å². The van der Waals surface area contributed by atoms with Crippen LogP contribution >= 0.6 is 15.9 Å². The van der Waals surface area contributed by atoms with Gasteiger partial charge in [-0.3, -0.25) is 4.90 Å². The molecule has 2 rings (SSSR count). The molecule has 1 aromatic carbocycles. The Morgan fingerprint density at radius 3 is 2.90 bits per heavy atom. The molecule has 0 aliphatic carbocycles. The molecule has 0 bridgehead atoms. The van der Waals surface area contributed by atoms with E-state index in [1.165, 1.54) is 12.7 Å². The molecule has 1 heterocycles. The van der Waals surface area contributed by atoms with Crippen LogP contribution in [0.5, 0.6) is 0 Å². The number of rotatable bonds is 3. The van der Waals surface area contributed by atoms with Gasteiger partial charge in [-0.2, -0.15) is 0 Å². The van der Waals surface area contributed by atoms with Gasteiger partial charge in [-0.05, 0) is 31.5 Å². The summed E-state index contributed by atoms with van der Waals surface area (Å²) in [5.41, 5.74) is 1.73. The fourth-order valence-corrected chi connectivity index (χ4v) is 2.84. The smallest absolute Gasteiger partial charge is 0.337 e. The molecule has 2 unspecified atom stereocenters. The van der Waals surface area contributed by atoms with Crippen LogP contribution in [0.15, 0.2) is 22.7 Å². The van der Waals surface area contributed by atoms with Crippen molar-refractivity contribution in [1.82, 2.24) is 4.90 Å². The highest BCUT2D eigenvalue weighted by Crippen LogP contribution is 2.23. The fraction of sp³-hybridized carbons (Fsp3) is 0.533. The lowest BCUT2D eigenvalue weighted by Crippen LogP contribution is -2.46. The number of hydrogen-bond acceptors (Lipinski definition) is 4. The third-order valence-electron chi connectivity index (χ3n) is 3.58. The van der Waals surface area contributed by atoms with E-state index in [0.717, 1.165) is 24.2 Å². The number of benzene rings is 1. The summed E-state index contributed by atoms with van der Waals surface area (Å²) in [6, 6.07) is 6.00. The molecule has 5 heteroatoms. The molecule has 0 radical (unpaired) electrons. The number of hydrogen-bond donors (Lipinski definition) is 0. The molecule has 1 aliphatic rings. The monoisotopic (exact) mass is 341 g/mol. The minimum absolute atomic E-state index is 0.263. The van der Waals surface area contributed by atoms with E-state index in [-0.39, 0.29) is 12.1 Å². The molecular weight excluding hydrogens is 322 g/mol. The van der Waals surface area contributed by atoms with Crippen LogP contribution in [0.4, 0.5) is 0 Å². The van der Waals surface area contributed by atoms with Gasteiger partial charge in [0.2, 0.25) is 0 Å². The van der Waals surface area contributed by atoms with E-state index < -0.39 is 0 Å². The molecule has 0 saturated carbocycles. The van der Waals surface area contributed by atoms with E-state index in [4.69, 9.17) is 9.47 Å². The van der Waals surface area contributed by atoms with Crippen molar-refractivity contribution in [3.8, 4) is 0 Å². The number of esters is 1. The van der Waals surface area contributed by atoms with Gasteiger partial charge in [0, 0.05) is 23.6 Å². The van der Waals surface area contributed by atoms with Gasteiger partial charge in [0.05, 0.1) is 25.4 Å². The molecule has 2 atom stereocenters. The summed E-state index contributed by atoms with van der Waals surface area (Å²) in [4.78, 5) is 13.9. The number of nitrogens with zero attached hydrogens (tertiary/aromatic N) is 1. The van der Waals surface area contributed by atoms with Crippen LogP contribution in [0.3, 0.4) is 0 Å². The summed E-state index contributed by atoms with van der Waals surface area (Å²) >= 11 is 3.54. The van der Waals surface area contributed by atoms with Crippen molar-refractivity contribution in [3.05, 3.63) is 33.8 Å². The maximum atomic E-state index is 11.5. The standard InChI is InChI=1S/C15H20BrNO3/c1-10-9-20-11(2)7-17(10)8-13-5-4-12(6-14(13)16)15(18)19-3/h4-6,10-11H,7-9H2,1-3H3. The van der Waals surface area contributed by atoms with Crippen molar-refractivity contribution in [1.29, 1.82) is 0 Å². The number of methoxy groups -OCH3 is 1. The summed E-state index contributed by atoms with van der Waals surface area (Å²) in [5.74, 6) is -0.314. The van der Waals surface area contributed by atoms with Crippen molar-refractivity contribution in [3.63, 3.8) is 0 Å². The van der Waals surface area contributed by atoms with E-state index >= 15 is 0 Å². The second kappa shape index (κ2) is 6.70. The highest BCUT2D eigenvalue weighted by Gasteiger charge is 2.24. The zero-order valence-electron chi connectivity index (χ0n) is 12.1. The third kappa shape index (κ3) is 3.59. The number of carbonyl (C=O) groups is 1. The van der Waals surface area contributed by atoms with Gasteiger partial charge >= 0.3 is 5.97 Å². The van der Waals surface area contributed by atoms with Crippen LogP contribution in [0.25, 0.3) is 0 Å². The Morgan fingerprint density at radius 1 is 1.50 bits per heavy atom. The summed E-state index contributed by atoms with van der Waals surface area (Å²) in [6.07, 6.45) is 0.263. The summed E-state index contributed by atoms with van der Waals surface area (Å²) in [6.45, 7) is 6.79. The van der Waals surface area contributed by atoms with Gasteiger partial charge in [-0.25, -0.2) is 4.79 Å². The average molecular weight is 342 g/mol. The van der Waals surface area contributed by atoms with Crippen molar-refractivity contribution >= 4 is 21.9 Å². The second-order valence-electron chi connectivity index (χ2n) is 5.22. The topological polar surface area (TPSA) is 38.8 Å². The fourth-order valence-electron chi connectivity index (χ4n) is 2.33. The maximum absolute atomic E-state index is 11.5. The molecule has 0 aromatic heterocycles. The third-order valence-corrected chi connectivity index (χ3v) is 4.32. The molecule has 4 nitrogen and oxygen atoms in total. The number of carbonyl (C=O) groups excluding carboxylic acids is 1. The van der Waals surface area contributed by atoms with E-state index in [1.54, 1.807) is 6.07 Å².